The molecule has 116 valence electrons. The van der Waals surface area contributed by atoms with Crippen LogP contribution in [0.4, 0.5) is 4.79 Å². The Balaban J connectivity index is 2.60. The van der Waals surface area contributed by atoms with Crippen molar-refractivity contribution in [2.45, 2.75) is 33.2 Å². The van der Waals surface area contributed by atoms with Crippen molar-refractivity contribution in [1.82, 2.24) is 10.2 Å². The minimum absolute atomic E-state index is 0.329. The third-order valence-electron chi connectivity index (χ3n) is 3.10. The molecule has 21 heavy (non-hydrogen) atoms. The van der Waals surface area contributed by atoms with Gasteiger partial charge in [0.15, 0.2) is 0 Å². The Morgan fingerprint density at radius 1 is 1.24 bits per heavy atom. The van der Waals surface area contributed by atoms with Crippen LogP contribution in [0, 0.1) is 5.92 Å². The largest absolute Gasteiger partial charge is 0.480 e. The smallest absolute Gasteiger partial charge is 0.323 e. The molecule has 1 aromatic carbocycles. The van der Waals surface area contributed by atoms with Crippen LogP contribution in [-0.2, 0) is 11.3 Å². The first-order chi connectivity index (χ1) is 9.99. The van der Waals surface area contributed by atoms with Crippen LogP contribution in [0.1, 0.15) is 32.3 Å². The van der Waals surface area contributed by atoms with Crippen LogP contribution in [0.25, 0.3) is 0 Å². The molecule has 0 aliphatic carbocycles. The fourth-order valence-corrected chi connectivity index (χ4v) is 2.01. The van der Waals surface area contributed by atoms with Crippen LogP contribution in [-0.4, -0.2) is 35.1 Å². The zero-order valence-electron chi connectivity index (χ0n) is 12.7. The van der Waals surface area contributed by atoms with Crippen molar-refractivity contribution in [2.24, 2.45) is 5.92 Å². The van der Waals surface area contributed by atoms with Gasteiger partial charge in [0.1, 0.15) is 6.54 Å². The predicted molar refractivity (Wildman–Crippen MR) is 82.0 cm³/mol. The number of carbonyl (C=O) groups is 2. The van der Waals surface area contributed by atoms with Crippen LogP contribution < -0.4 is 5.32 Å². The number of amides is 2. The minimum atomic E-state index is -1.04. The maximum atomic E-state index is 12.1. The SMILES string of the molecule is CC(C)CCCN(Cc1ccccc1)C(=O)NCC(=O)O. The lowest BCUT2D eigenvalue weighted by molar-refractivity contribution is -0.135. The molecule has 0 saturated carbocycles. The van der Waals surface area contributed by atoms with Crippen molar-refractivity contribution >= 4 is 12.0 Å². The number of carbonyl (C=O) groups excluding carboxylic acids is 1. The van der Waals surface area contributed by atoms with Gasteiger partial charge in [0.2, 0.25) is 0 Å². The van der Waals surface area contributed by atoms with E-state index in [1.165, 1.54) is 0 Å². The van der Waals surface area contributed by atoms with Gasteiger partial charge < -0.3 is 15.3 Å². The van der Waals surface area contributed by atoms with Gasteiger partial charge in [-0.1, -0.05) is 44.2 Å². The van der Waals surface area contributed by atoms with E-state index in [-0.39, 0.29) is 12.6 Å². The molecule has 1 aromatic rings. The van der Waals surface area contributed by atoms with E-state index in [1.54, 1.807) is 4.90 Å². The van der Waals surface area contributed by atoms with Crippen molar-refractivity contribution in [2.75, 3.05) is 13.1 Å². The quantitative estimate of drug-likeness (QED) is 0.774. The molecule has 1 rings (SSSR count). The Labute approximate surface area is 126 Å². The molecule has 5 heteroatoms. The monoisotopic (exact) mass is 292 g/mol. The summed E-state index contributed by atoms with van der Waals surface area (Å²) in [6.45, 7) is 5.05. The number of rotatable bonds is 8. The third kappa shape index (κ3) is 7.34. The van der Waals surface area contributed by atoms with Crippen molar-refractivity contribution < 1.29 is 14.7 Å². The number of aliphatic carboxylic acids is 1. The van der Waals surface area contributed by atoms with Gasteiger partial charge in [0.25, 0.3) is 0 Å². The maximum Gasteiger partial charge on any atom is 0.323 e. The van der Waals surface area contributed by atoms with Gasteiger partial charge in [-0.2, -0.15) is 0 Å². The van der Waals surface area contributed by atoms with E-state index >= 15 is 0 Å². The molecule has 0 saturated heterocycles. The first-order valence-electron chi connectivity index (χ1n) is 7.27. The van der Waals surface area contributed by atoms with Crippen molar-refractivity contribution in [1.29, 1.82) is 0 Å². The highest BCUT2D eigenvalue weighted by Crippen LogP contribution is 2.09. The normalized spacial score (nSPS) is 10.4. The highest BCUT2D eigenvalue weighted by Gasteiger charge is 2.14. The summed E-state index contributed by atoms with van der Waals surface area (Å²) in [6, 6.07) is 9.37. The lowest BCUT2D eigenvalue weighted by atomic mass is 10.1. The second kappa shape index (κ2) is 9.00. The van der Waals surface area contributed by atoms with Crippen molar-refractivity contribution in [3.8, 4) is 0 Å². The Bertz CT molecular complexity index is 446. The van der Waals surface area contributed by atoms with Crippen LogP contribution in [0.15, 0.2) is 30.3 Å². The van der Waals surface area contributed by atoms with Gasteiger partial charge in [-0.15, -0.1) is 0 Å². The molecule has 0 aromatic heterocycles. The first-order valence-corrected chi connectivity index (χ1v) is 7.27. The number of carboxylic acids is 1. The van der Waals surface area contributed by atoms with Crippen molar-refractivity contribution in [3.05, 3.63) is 35.9 Å². The topological polar surface area (TPSA) is 69.6 Å². The van der Waals surface area contributed by atoms with E-state index in [1.807, 2.05) is 30.3 Å². The van der Waals surface area contributed by atoms with Crippen molar-refractivity contribution in [3.63, 3.8) is 0 Å². The van der Waals surface area contributed by atoms with Gasteiger partial charge in [-0.05, 0) is 24.3 Å². The predicted octanol–water partition coefficient (Wildman–Crippen LogP) is 2.72. The number of carboxylic acid groups (broad SMARTS) is 1. The fraction of sp³-hybridized carbons (Fsp3) is 0.500. The van der Waals surface area contributed by atoms with E-state index in [2.05, 4.69) is 19.2 Å². The summed E-state index contributed by atoms with van der Waals surface area (Å²) in [6.07, 6.45) is 1.95. The Morgan fingerprint density at radius 3 is 2.48 bits per heavy atom. The summed E-state index contributed by atoms with van der Waals surface area (Å²) in [5, 5.41) is 11.1. The van der Waals surface area contributed by atoms with E-state index in [4.69, 9.17) is 5.11 Å². The second-order valence-corrected chi connectivity index (χ2v) is 5.50. The lowest BCUT2D eigenvalue weighted by Crippen LogP contribution is -2.42. The van der Waals surface area contributed by atoms with E-state index in [0.717, 1.165) is 18.4 Å². The van der Waals surface area contributed by atoms with Gasteiger partial charge >= 0.3 is 12.0 Å². The molecule has 0 unspecified atom stereocenters. The van der Waals surface area contributed by atoms with E-state index in [0.29, 0.717) is 19.0 Å². The molecule has 2 amide bonds. The number of urea groups is 1. The molecule has 0 fully saturated rings. The van der Waals surface area contributed by atoms with E-state index in [9.17, 15) is 9.59 Å². The standard InChI is InChI=1S/C16H24N2O3/c1-13(2)7-6-10-18(16(21)17-11-15(19)20)12-14-8-4-3-5-9-14/h3-5,8-9,13H,6-7,10-12H2,1-2H3,(H,17,21)(H,19,20). The summed E-state index contributed by atoms with van der Waals surface area (Å²) in [4.78, 5) is 24.3. The van der Waals surface area contributed by atoms with Crippen LogP contribution in [0.3, 0.4) is 0 Å². The summed E-state index contributed by atoms with van der Waals surface area (Å²) in [5.74, 6) is -0.448. The van der Waals surface area contributed by atoms with Crippen LogP contribution >= 0.6 is 0 Å². The summed E-state index contributed by atoms with van der Waals surface area (Å²) in [5.41, 5.74) is 1.03. The molecule has 0 aliphatic heterocycles. The van der Waals surface area contributed by atoms with Crippen LogP contribution in [0.5, 0.6) is 0 Å². The summed E-state index contributed by atoms with van der Waals surface area (Å²) < 4.78 is 0. The zero-order chi connectivity index (χ0) is 15.7. The highest BCUT2D eigenvalue weighted by atomic mass is 16.4. The number of benzene rings is 1. The molecule has 0 heterocycles. The lowest BCUT2D eigenvalue weighted by Gasteiger charge is -2.23. The average molecular weight is 292 g/mol. The average Bonchev–Trinajstić information content (AvgIpc) is 2.44. The molecule has 0 radical (unpaired) electrons. The second-order valence-electron chi connectivity index (χ2n) is 5.50. The summed E-state index contributed by atoms with van der Waals surface area (Å²) >= 11 is 0. The Kier molecular flexibility index (Phi) is 7.29. The molecule has 2 N–H and O–H groups in total. The van der Waals surface area contributed by atoms with Gasteiger partial charge in [0, 0.05) is 13.1 Å². The third-order valence-corrected chi connectivity index (χ3v) is 3.10. The number of nitrogens with one attached hydrogen (secondary N) is 1. The molecule has 0 spiro atoms. The number of nitrogens with zero attached hydrogens (tertiary/aromatic N) is 1. The van der Waals surface area contributed by atoms with Gasteiger partial charge in [-0.3, -0.25) is 4.79 Å². The molecule has 5 nitrogen and oxygen atoms in total. The maximum absolute atomic E-state index is 12.1. The molecule has 0 bridgehead atoms. The zero-order valence-corrected chi connectivity index (χ0v) is 12.7. The van der Waals surface area contributed by atoms with Gasteiger partial charge in [0.05, 0.1) is 0 Å². The molecular weight excluding hydrogens is 268 g/mol. The molecular formula is C16H24N2O3. The number of hydrogen-bond donors (Lipinski definition) is 2. The minimum Gasteiger partial charge on any atom is -0.480 e. The van der Waals surface area contributed by atoms with Gasteiger partial charge in [-0.25, -0.2) is 4.79 Å². The van der Waals surface area contributed by atoms with Crippen LogP contribution in [0.2, 0.25) is 0 Å². The highest BCUT2D eigenvalue weighted by molar-refractivity contribution is 5.79. The van der Waals surface area contributed by atoms with E-state index < -0.39 is 5.97 Å². The Hall–Kier alpha value is -2.04. The Morgan fingerprint density at radius 2 is 1.90 bits per heavy atom. The molecule has 0 atom stereocenters. The first kappa shape index (κ1) is 17.0. The molecule has 0 aliphatic rings. The summed E-state index contributed by atoms with van der Waals surface area (Å²) in [7, 11) is 0. The fourth-order valence-electron chi connectivity index (χ4n) is 2.01. The number of hydrogen-bond acceptors (Lipinski definition) is 2.